The van der Waals surface area contributed by atoms with Gasteiger partial charge in [-0.2, -0.15) is 0 Å². The highest BCUT2D eigenvalue weighted by molar-refractivity contribution is 5.96. The summed E-state index contributed by atoms with van der Waals surface area (Å²) in [6.07, 6.45) is 0. The number of hydrogen-bond acceptors (Lipinski definition) is 4. The van der Waals surface area contributed by atoms with Crippen molar-refractivity contribution in [2.75, 3.05) is 20.3 Å². The molecule has 1 N–H and O–H groups in total. The molecule has 0 saturated carbocycles. The molecule has 0 unspecified atom stereocenters. The van der Waals surface area contributed by atoms with Gasteiger partial charge in [-0.25, -0.2) is 0 Å². The number of carbonyl (C=O) groups is 1. The van der Waals surface area contributed by atoms with Gasteiger partial charge in [0, 0.05) is 35.2 Å². The van der Waals surface area contributed by atoms with Crippen molar-refractivity contribution in [1.82, 2.24) is 9.88 Å². The molecule has 6 heteroatoms. The summed E-state index contributed by atoms with van der Waals surface area (Å²) in [6.45, 7) is 5.36. The number of rotatable bonds is 5. The van der Waals surface area contributed by atoms with E-state index in [1.165, 1.54) is 0 Å². The van der Waals surface area contributed by atoms with Gasteiger partial charge < -0.3 is 24.1 Å². The van der Waals surface area contributed by atoms with E-state index in [9.17, 15) is 4.79 Å². The average molecular weight is 392 g/mol. The number of fused-ring (bicyclic) bond motifs is 1. The van der Waals surface area contributed by atoms with Crippen molar-refractivity contribution in [2.24, 2.45) is 0 Å². The second-order valence-electron chi connectivity index (χ2n) is 6.95. The number of aryl methyl sites for hydroxylation is 1. The van der Waals surface area contributed by atoms with Crippen molar-refractivity contribution in [3.63, 3.8) is 0 Å². The second kappa shape index (κ2) is 7.91. The highest BCUT2D eigenvalue weighted by Gasteiger charge is 2.19. The lowest BCUT2D eigenvalue weighted by Crippen LogP contribution is -2.24. The number of methoxy groups -OCH3 is 1. The predicted octanol–water partition coefficient (Wildman–Crippen LogP) is 3.80. The van der Waals surface area contributed by atoms with Gasteiger partial charge in [0.25, 0.3) is 5.91 Å². The van der Waals surface area contributed by atoms with Crippen molar-refractivity contribution in [3.8, 4) is 22.9 Å². The minimum absolute atomic E-state index is 0.124. The summed E-state index contributed by atoms with van der Waals surface area (Å²) in [5.41, 5.74) is 4.36. The molecule has 29 heavy (non-hydrogen) atoms. The molecule has 2 heterocycles. The molecular weight excluding hydrogens is 368 g/mol. The molecular formula is C23H24N2O4. The number of amides is 1. The number of ether oxygens (including phenoxy) is 3. The van der Waals surface area contributed by atoms with Crippen LogP contribution >= 0.6 is 0 Å². The minimum atomic E-state index is -0.124. The molecule has 1 aliphatic rings. The number of carbonyl (C=O) groups excluding carboxylic acids is 1. The van der Waals surface area contributed by atoms with Crippen LogP contribution in [0.1, 0.15) is 27.3 Å². The first kappa shape index (κ1) is 18.9. The third-order valence-electron chi connectivity index (χ3n) is 5.07. The fourth-order valence-corrected chi connectivity index (χ4v) is 3.68. The Morgan fingerprint density at radius 3 is 2.72 bits per heavy atom. The first-order valence-electron chi connectivity index (χ1n) is 9.57. The number of nitrogens with zero attached hydrogens (tertiary/aromatic N) is 1. The molecule has 150 valence electrons. The van der Waals surface area contributed by atoms with Gasteiger partial charge in [0.05, 0.1) is 12.7 Å². The Balaban J connectivity index is 1.56. The van der Waals surface area contributed by atoms with Gasteiger partial charge in [-0.1, -0.05) is 18.2 Å². The third-order valence-corrected chi connectivity index (χ3v) is 5.07. The summed E-state index contributed by atoms with van der Waals surface area (Å²) in [7, 11) is 1.64. The zero-order valence-electron chi connectivity index (χ0n) is 16.8. The van der Waals surface area contributed by atoms with E-state index < -0.39 is 0 Å². The maximum absolute atomic E-state index is 12.9. The zero-order chi connectivity index (χ0) is 20.4. The molecule has 0 saturated heterocycles. The Bertz CT molecular complexity index is 1060. The Labute approximate surface area is 170 Å². The van der Waals surface area contributed by atoms with Crippen LogP contribution in [-0.4, -0.2) is 30.8 Å². The lowest BCUT2D eigenvalue weighted by atomic mass is 10.1. The predicted molar refractivity (Wildman–Crippen MR) is 110 cm³/mol. The summed E-state index contributed by atoms with van der Waals surface area (Å²) in [5.74, 6) is 2.08. The molecule has 0 fully saturated rings. The van der Waals surface area contributed by atoms with Crippen LogP contribution < -0.4 is 19.5 Å². The van der Waals surface area contributed by atoms with Crippen LogP contribution in [-0.2, 0) is 6.54 Å². The lowest BCUT2D eigenvalue weighted by molar-refractivity contribution is 0.0949. The van der Waals surface area contributed by atoms with E-state index in [0.29, 0.717) is 31.1 Å². The number of benzene rings is 2. The van der Waals surface area contributed by atoms with Gasteiger partial charge in [-0.05, 0) is 38.1 Å². The zero-order valence-corrected chi connectivity index (χ0v) is 16.8. The molecule has 0 aliphatic carbocycles. The van der Waals surface area contributed by atoms with Gasteiger partial charge in [-0.3, -0.25) is 4.79 Å². The largest absolute Gasteiger partial charge is 0.497 e. The molecule has 0 bridgehead atoms. The normalized spacial score (nSPS) is 12.5. The summed E-state index contributed by atoms with van der Waals surface area (Å²) in [4.78, 5) is 12.9. The van der Waals surface area contributed by atoms with Gasteiger partial charge in [0.1, 0.15) is 19.0 Å². The highest BCUT2D eigenvalue weighted by atomic mass is 16.6. The molecule has 2 aromatic carbocycles. The smallest absolute Gasteiger partial charge is 0.253 e. The first-order chi connectivity index (χ1) is 14.1. The van der Waals surface area contributed by atoms with E-state index in [0.717, 1.165) is 34.1 Å². The Hall–Kier alpha value is -3.41. The highest BCUT2D eigenvalue weighted by Crippen LogP contribution is 2.33. The van der Waals surface area contributed by atoms with E-state index >= 15 is 0 Å². The first-order valence-corrected chi connectivity index (χ1v) is 9.57. The van der Waals surface area contributed by atoms with Crippen LogP contribution in [0.3, 0.4) is 0 Å². The minimum Gasteiger partial charge on any atom is -0.497 e. The van der Waals surface area contributed by atoms with Crippen molar-refractivity contribution in [3.05, 3.63) is 71.0 Å². The summed E-state index contributed by atoms with van der Waals surface area (Å²) in [6, 6.07) is 15.4. The second-order valence-corrected chi connectivity index (χ2v) is 6.95. The Kier molecular flexibility index (Phi) is 5.16. The Morgan fingerprint density at radius 1 is 1.10 bits per heavy atom. The number of aromatic nitrogens is 1. The van der Waals surface area contributed by atoms with Crippen molar-refractivity contribution < 1.29 is 19.0 Å². The van der Waals surface area contributed by atoms with Crippen LogP contribution in [0.2, 0.25) is 0 Å². The number of nitrogens with one attached hydrogen (secondary N) is 1. The number of para-hydroxylation sites is 1. The van der Waals surface area contributed by atoms with E-state index in [1.54, 1.807) is 7.11 Å². The monoisotopic (exact) mass is 392 g/mol. The fourth-order valence-electron chi connectivity index (χ4n) is 3.68. The standard InChI is InChI=1S/C23H24N2O4/c1-15-12-20(16(2)25(15)18-7-5-8-19(13-18)27-3)23(26)24-14-17-6-4-9-21-22(17)29-11-10-28-21/h4-9,12-13H,10-11,14H2,1-3H3,(H,24,26). The van der Waals surface area contributed by atoms with E-state index in [-0.39, 0.29) is 5.91 Å². The third kappa shape index (κ3) is 3.66. The van der Waals surface area contributed by atoms with Gasteiger partial charge in [0.15, 0.2) is 11.5 Å². The van der Waals surface area contributed by atoms with Crippen LogP contribution in [0.25, 0.3) is 5.69 Å². The Morgan fingerprint density at radius 2 is 1.90 bits per heavy atom. The summed E-state index contributed by atoms with van der Waals surface area (Å²) >= 11 is 0. The van der Waals surface area contributed by atoms with Gasteiger partial charge in [-0.15, -0.1) is 0 Å². The summed E-state index contributed by atoms with van der Waals surface area (Å²) in [5, 5.41) is 3.01. The molecule has 1 amide bonds. The molecule has 3 aromatic rings. The van der Waals surface area contributed by atoms with E-state index in [4.69, 9.17) is 14.2 Å². The lowest BCUT2D eigenvalue weighted by Gasteiger charge is -2.21. The van der Waals surface area contributed by atoms with Crippen molar-refractivity contribution >= 4 is 5.91 Å². The molecule has 1 aliphatic heterocycles. The molecule has 4 rings (SSSR count). The molecule has 0 atom stereocenters. The van der Waals surface area contributed by atoms with Gasteiger partial charge in [0.2, 0.25) is 0 Å². The molecule has 0 radical (unpaired) electrons. The SMILES string of the molecule is COc1cccc(-n2c(C)cc(C(=O)NCc3cccc4c3OCCO4)c2C)c1. The maximum atomic E-state index is 12.9. The molecule has 6 nitrogen and oxygen atoms in total. The number of hydrogen-bond donors (Lipinski definition) is 1. The van der Waals surface area contributed by atoms with E-state index in [1.807, 2.05) is 62.4 Å². The topological polar surface area (TPSA) is 61.7 Å². The van der Waals surface area contributed by atoms with E-state index in [2.05, 4.69) is 9.88 Å². The maximum Gasteiger partial charge on any atom is 0.253 e. The van der Waals surface area contributed by atoms with Gasteiger partial charge >= 0.3 is 0 Å². The van der Waals surface area contributed by atoms with Crippen LogP contribution in [0.5, 0.6) is 17.2 Å². The van der Waals surface area contributed by atoms with Crippen LogP contribution in [0.15, 0.2) is 48.5 Å². The average Bonchev–Trinajstić information content (AvgIpc) is 3.06. The molecule has 1 aromatic heterocycles. The van der Waals surface area contributed by atoms with Crippen LogP contribution in [0.4, 0.5) is 0 Å². The quantitative estimate of drug-likeness (QED) is 0.717. The fraction of sp³-hybridized carbons (Fsp3) is 0.261. The van der Waals surface area contributed by atoms with Crippen LogP contribution in [0, 0.1) is 13.8 Å². The summed E-state index contributed by atoms with van der Waals surface area (Å²) < 4.78 is 18.7. The van der Waals surface area contributed by atoms with Crippen molar-refractivity contribution in [2.45, 2.75) is 20.4 Å². The van der Waals surface area contributed by atoms with Crippen molar-refractivity contribution in [1.29, 1.82) is 0 Å². The molecule has 0 spiro atoms.